The lowest BCUT2D eigenvalue weighted by atomic mass is 10.2. The molecule has 2 heterocycles. The van der Waals surface area contributed by atoms with E-state index in [1.54, 1.807) is 6.20 Å². The van der Waals surface area contributed by atoms with Crippen LogP contribution in [-0.2, 0) is 13.1 Å². The van der Waals surface area contributed by atoms with Crippen molar-refractivity contribution < 1.29 is 9.47 Å². The molecule has 0 aliphatic carbocycles. The Bertz CT molecular complexity index is 904. The first-order valence-electron chi connectivity index (χ1n) is 8.93. The Balaban J connectivity index is 1.43. The van der Waals surface area contributed by atoms with E-state index in [0.29, 0.717) is 12.5 Å². The van der Waals surface area contributed by atoms with E-state index in [4.69, 9.17) is 9.47 Å². The zero-order chi connectivity index (χ0) is 18.5. The first kappa shape index (κ1) is 17.1. The molecule has 1 aromatic heterocycles. The highest BCUT2D eigenvalue weighted by atomic mass is 16.7. The van der Waals surface area contributed by atoms with Gasteiger partial charge in [-0.2, -0.15) is 10.1 Å². The SMILES string of the molecule is CCN(Cc1ccccc1)c1cnnc(NCc2ccc3c(c2)OCO3)n1. The molecule has 0 spiro atoms. The predicted octanol–water partition coefficient (Wildman–Crippen LogP) is 3.24. The third kappa shape index (κ3) is 4.08. The molecule has 0 saturated heterocycles. The number of hydrogen-bond acceptors (Lipinski definition) is 7. The van der Waals surface area contributed by atoms with Gasteiger partial charge in [-0.15, -0.1) is 5.10 Å². The van der Waals surface area contributed by atoms with Gasteiger partial charge in [-0.1, -0.05) is 36.4 Å². The molecular formula is C20H21N5O2. The molecule has 1 aliphatic heterocycles. The maximum atomic E-state index is 5.41. The van der Waals surface area contributed by atoms with Crippen molar-refractivity contribution in [3.05, 3.63) is 65.9 Å². The van der Waals surface area contributed by atoms with Gasteiger partial charge in [0, 0.05) is 19.6 Å². The number of nitrogens with zero attached hydrogens (tertiary/aromatic N) is 4. The Kier molecular flexibility index (Phi) is 5.00. The van der Waals surface area contributed by atoms with E-state index in [9.17, 15) is 0 Å². The lowest BCUT2D eigenvalue weighted by Crippen LogP contribution is -2.24. The van der Waals surface area contributed by atoms with Gasteiger partial charge in [-0.05, 0) is 30.2 Å². The largest absolute Gasteiger partial charge is 0.454 e. The Morgan fingerprint density at radius 1 is 1.04 bits per heavy atom. The molecule has 138 valence electrons. The van der Waals surface area contributed by atoms with Gasteiger partial charge in [-0.3, -0.25) is 0 Å². The van der Waals surface area contributed by atoms with Crippen LogP contribution >= 0.6 is 0 Å². The molecule has 0 amide bonds. The normalized spacial score (nSPS) is 12.0. The van der Waals surface area contributed by atoms with Crippen molar-refractivity contribution >= 4 is 11.8 Å². The Labute approximate surface area is 158 Å². The van der Waals surface area contributed by atoms with E-state index in [-0.39, 0.29) is 6.79 Å². The Morgan fingerprint density at radius 2 is 1.89 bits per heavy atom. The summed E-state index contributed by atoms with van der Waals surface area (Å²) < 4.78 is 10.7. The highest BCUT2D eigenvalue weighted by Crippen LogP contribution is 2.32. The summed E-state index contributed by atoms with van der Waals surface area (Å²) >= 11 is 0. The molecule has 7 nitrogen and oxygen atoms in total. The minimum Gasteiger partial charge on any atom is -0.454 e. The minimum absolute atomic E-state index is 0.273. The zero-order valence-electron chi connectivity index (χ0n) is 15.1. The van der Waals surface area contributed by atoms with Gasteiger partial charge in [0.05, 0.1) is 6.20 Å². The molecule has 0 bridgehead atoms. The van der Waals surface area contributed by atoms with Crippen molar-refractivity contribution in [3.8, 4) is 11.5 Å². The third-order valence-corrected chi connectivity index (χ3v) is 4.36. The van der Waals surface area contributed by atoms with Crippen LogP contribution in [0.25, 0.3) is 0 Å². The van der Waals surface area contributed by atoms with Crippen molar-refractivity contribution in [2.75, 3.05) is 23.6 Å². The second-order valence-corrected chi connectivity index (χ2v) is 6.18. The average molecular weight is 363 g/mol. The van der Waals surface area contributed by atoms with Crippen LogP contribution in [0, 0.1) is 0 Å². The summed E-state index contributed by atoms with van der Waals surface area (Å²) in [5.41, 5.74) is 2.29. The minimum atomic E-state index is 0.273. The number of benzene rings is 2. The summed E-state index contributed by atoms with van der Waals surface area (Å²) in [6.45, 7) is 4.56. The highest BCUT2D eigenvalue weighted by Gasteiger charge is 2.13. The standard InChI is InChI=1S/C20H21N5O2/c1-2-25(13-15-6-4-3-5-7-15)19-12-22-24-20(23-19)21-11-16-8-9-17-18(10-16)27-14-26-17/h3-10,12H,2,11,13-14H2,1H3,(H,21,23,24). The second kappa shape index (κ2) is 7.90. The smallest absolute Gasteiger partial charge is 0.244 e. The summed E-state index contributed by atoms with van der Waals surface area (Å²) in [7, 11) is 0. The summed E-state index contributed by atoms with van der Waals surface area (Å²) in [5.74, 6) is 2.83. The molecule has 3 aromatic rings. The predicted molar refractivity (Wildman–Crippen MR) is 103 cm³/mol. The highest BCUT2D eigenvalue weighted by molar-refractivity contribution is 5.46. The number of nitrogens with one attached hydrogen (secondary N) is 1. The first-order chi connectivity index (χ1) is 13.3. The van der Waals surface area contributed by atoms with Gasteiger partial charge in [0.2, 0.25) is 12.7 Å². The van der Waals surface area contributed by atoms with Gasteiger partial charge in [0.25, 0.3) is 0 Å². The molecule has 0 fully saturated rings. The molecule has 0 atom stereocenters. The van der Waals surface area contributed by atoms with Gasteiger partial charge in [-0.25, -0.2) is 0 Å². The molecule has 4 rings (SSSR count). The van der Waals surface area contributed by atoms with E-state index >= 15 is 0 Å². The second-order valence-electron chi connectivity index (χ2n) is 6.18. The molecule has 1 aliphatic rings. The van der Waals surface area contributed by atoms with E-state index in [2.05, 4.69) is 44.5 Å². The number of anilines is 2. The lowest BCUT2D eigenvalue weighted by molar-refractivity contribution is 0.174. The fourth-order valence-electron chi connectivity index (χ4n) is 2.91. The average Bonchev–Trinajstić information content (AvgIpc) is 3.19. The van der Waals surface area contributed by atoms with Crippen LogP contribution in [0.4, 0.5) is 11.8 Å². The zero-order valence-corrected chi connectivity index (χ0v) is 15.1. The van der Waals surface area contributed by atoms with Crippen molar-refractivity contribution in [1.82, 2.24) is 15.2 Å². The summed E-state index contributed by atoms with van der Waals surface area (Å²) in [4.78, 5) is 6.78. The molecule has 0 unspecified atom stereocenters. The van der Waals surface area contributed by atoms with Crippen LogP contribution in [-0.4, -0.2) is 28.5 Å². The summed E-state index contributed by atoms with van der Waals surface area (Å²) in [6.07, 6.45) is 1.69. The molecule has 0 radical (unpaired) electrons. The fraction of sp³-hybridized carbons (Fsp3) is 0.250. The topological polar surface area (TPSA) is 72.4 Å². The van der Waals surface area contributed by atoms with Gasteiger partial charge in [0.15, 0.2) is 17.3 Å². The van der Waals surface area contributed by atoms with Gasteiger partial charge >= 0.3 is 0 Å². The van der Waals surface area contributed by atoms with E-state index in [0.717, 1.165) is 36.0 Å². The lowest BCUT2D eigenvalue weighted by Gasteiger charge is -2.21. The van der Waals surface area contributed by atoms with E-state index < -0.39 is 0 Å². The number of ether oxygens (including phenoxy) is 2. The van der Waals surface area contributed by atoms with Crippen LogP contribution in [0.2, 0.25) is 0 Å². The van der Waals surface area contributed by atoms with Crippen LogP contribution in [0.1, 0.15) is 18.1 Å². The monoisotopic (exact) mass is 363 g/mol. The van der Waals surface area contributed by atoms with E-state index in [1.165, 1.54) is 5.56 Å². The summed E-state index contributed by atoms with van der Waals surface area (Å²) in [5, 5.41) is 11.4. The molecule has 27 heavy (non-hydrogen) atoms. The van der Waals surface area contributed by atoms with Crippen molar-refractivity contribution in [1.29, 1.82) is 0 Å². The Hall–Kier alpha value is -3.35. The van der Waals surface area contributed by atoms with Crippen molar-refractivity contribution in [2.45, 2.75) is 20.0 Å². The summed E-state index contributed by atoms with van der Waals surface area (Å²) in [6, 6.07) is 16.2. The molecule has 0 saturated carbocycles. The van der Waals surface area contributed by atoms with Gasteiger partial charge in [0.1, 0.15) is 0 Å². The first-order valence-corrected chi connectivity index (χ1v) is 8.93. The quantitative estimate of drug-likeness (QED) is 0.691. The number of hydrogen-bond donors (Lipinski definition) is 1. The van der Waals surface area contributed by atoms with Crippen molar-refractivity contribution in [3.63, 3.8) is 0 Å². The maximum Gasteiger partial charge on any atom is 0.244 e. The number of rotatable bonds is 7. The van der Waals surface area contributed by atoms with Crippen LogP contribution in [0.3, 0.4) is 0 Å². The third-order valence-electron chi connectivity index (χ3n) is 4.36. The molecule has 2 aromatic carbocycles. The number of aromatic nitrogens is 3. The van der Waals surface area contributed by atoms with E-state index in [1.807, 2.05) is 36.4 Å². The van der Waals surface area contributed by atoms with Gasteiger partial charge < -0.3 is 19.7 Å². The molecular weight excluding hydrogens is 342 g/mol. The number of fused-ring (bicyclic) bond motifs is 1. The van der Waals surface area contributed by atoms with Crippen LogP contribution in [0.15, 0.2) is 54.7 Å². The van der Waals surface area contributed by atoms with Crippen molar-refractivity contribution in [2.24, 2.45) is 0 Å². The Morgan fingerprint density at radius 3 is 2.74 bits per heavy atom. The maximum absolute atomic E-state index is 5.41. The molecule has 1 N–H and O–H groups in total. The van der Waals surface area contributed by atoms with Crippen LogP contribution < -0.4 is 19.7 Å². The molecule has 7 heteroatoms. The fourth-order valence-corrected chi connectivity index (χ4v) is 2.91. The van der Waals surface area contributed by atoms with Crippen LogP contribution in [0.5, 0.6) is 11.5 Å².